The van der Waals surface area contributed by atoms with Crippen LogP contribution in [0.15, 0.2) is 0 Å². The molecule has 12 heavy (non-hydrogen) atoms. The Morgan fingerprint density at radius 2 is 2.17 bits per heavy atom. The Morgan fingerprint density at radius 3 is 2.50 bits per heavy atom. The van der Waals surface area contributed by atoms with Gasteiger partial charge in [-0.1, -0.05) is 0 Å². The lowest BCUT2D eigenvalue weighted by Gasteiger charge is -2.19. The van der Waals surface area contributed by atoms with Crippen molar-refractivity contribution in [3.05, 3.63) is 0 Å². The van der Waals surface area contributed by atoms with Gasteiger partial charge in [-0.25, -0.2) is 0 Å². The lowest BCUT2D eigenvalue weighted by Crippen LogP contribution is -2.36. The summed E-state index contributed by atoms with van der Waals surface area (Å²) in [7, 11) is 3.43. The normalized spacial score (nSPS) is 12.7. The summed E-state index contributed by atoms with van der Waals surface area (Å²) in [6.07, 6.45) is 0.222. The maximum Gasteiger partial charge on any atom is 0.251 e. The molecule has 0 heterocycles. The molecule has 0 aliphatic carbocycles. The Bertz CT molecular complexity index is 131. The molecule has 0 fully saturated rings. The van der Waals surface area contributed by atoms with Gasteiger partial charge in [0.15, 0.2) is 0 Å². The molecule has 0 radical (unpaired) electrons. The maximum atomic E-state index is 11.4. The minimum Gasteiger partial charge on any atom is -0.369 e. The number of carbonyl (C=O) groups excluding carboxylic acids is 1. The predicted molar refractivity (Wildman–Crippen MR) is 47.8 cm³/mol. The van der Waals surface area contributed by atoms with Gasteiger partial charge in [0, 0.05) is 20.7 Å². The van der Waals surface area contributed by atoms with Crippen LogP contribution in [0.4, 0.5) is 0 Å². The van der Waals surface area contributed by atoms with Crippen molar-refractivity contribution >= 4 is 5.91 Å². The number of hydrogen-bond acceptors (Lipinski definition) is 3. The van der Waals surface area contributed by atoms with E-state index in [9.17, 15) is 4.79 Å². The zero-order chi connectivity index (χ0) is 9.56. The number of nitrogens with two attached hydrogens (primary N) is 1. The van der Waals surface area contributed by atoms with Gasteiger partial charge in [0.05, 0.1) is 0 Å². The van der Waals surface area contributed by atoms with Crippen LogP contribution in [0.2, 0.25) is 0 Å². The van der Waals surface area contributed by atoms with E-state index in [1.54, 1.807) is 14.1 Å². The number of ether oxygens (including phenoxy) is 1. The van der Waals surface area contributed by atoms with Crippen molar-refractivity contribution < 1.29 is 9.53 Å². The molecule has 0 saturated heterocycles. The highest BCUT2D eigenvalue weighted by molar-refractivity contribution is 5.80. The van der Waals surface area contributed by atoms with Gasteiger partial charge < -0.3 is 15.4 Å². The van der Waals surface area contributed by atoms with Crippen molar-refractivity contribution in [3.8, 4) is 0 Å². The molecule has 4 nitrogen and oxygen atoms in total. The van der Waals surface area contributed by atoms with Crippen LogP contribution in [0.25, 0.3) is 0 Å². The second-order valence-corrected chi connectivity index (χ2v) is 2.75. The van der Waals surface area contributed by atoms with Gasteiger partial charge in [-0.3, -0.25) is 4.79 Å². The third-order valence-corrected chi connectivity index (χ3v) is 1.51. The molecule has 0 spiro atoms. The van der Waals surface area contributed by atoms with Crippen LogP contribution in [0, 0.1) is 0 Å². The molecule has 0 aromatic carbocycles. The Kier molecular flexibility index (Phi) is 5.66. The monoisotopic (exact) mass is 174 g/mol. The minimum absolute atomic E-state index is 0.0118. The molecule has 2 N–H and O–H groups in total. The van der Waals surface area contributed by atoms with E-state index < -0.39 is 0 Å². The molecule has 0 saturated carbocycles. The molecule has 4 heteroatoms. The molecule has 0 aromatic rings. The Hall–Kier alpha value is -0.610. The Balaban J connectivity index is 3.99. The lowest BCUT2D eigenvalue weighted by molar-refractivity contribution is -0.141. The van der Waals surface area contributed by atoms with Gasteiger partial charge in [-0.05, 0) is 19.9 Å². The number of nitrogens with zero attached hydrogens (tertiary/aromatic N) is 1. The number of carbonyl (C=O) groups is 1. The van der Waals surface area contributed by atoms with Gasteiger partial charge in [-0.2, -0.15) is 0 Å². The standard InChI is InChI=1S/C8H18N2O2/c1-4-12-7(5-6-9)8(11)10(2)3/h7H,4-6,9H2,1-3H3. The molecule has 0 aromatic heterocycles. The molecule has 1 amide bonds. The highest BCUT2D eigenvalue weighted by Gasteiger charge is 2.18. The van der Waals surface area contributed by atoms with E-state index in [-0.39, 0.29) is 12.0 Å². The molecule has 1 unspecified atom stereocenters. The summed E-state index contributed by atoms with van der Waals surface area (Å²) in [5.74, 6) is -0.0118. The van der Waals surface area contributed by atoms with Crippen molar-refractivity contribution in [2.24, 2.45) is 5.73 Å². The molecule has 0 rings (SSSR count). The Labute approximate surface area is 73.7 Å². The van der Waals surface area contributed by atoms with Crippen LogP contribution in [0.5, 0.6) is 0 Å². The first kappa shape index (κ1) is 11.4. The largest absolute Gasteiger partial charge is 0.369 e. The van der Waals surface area contributed by atoms with Crippen molar-refractivity contribution in [2.45, 2.75) is 19.4 Å². The van der Waals surface area contributed by atoms with E-state index in [1.165, 1.54) is 4.90 Å². The summed E-state index contributed by atoms with van der Waals surface area (Å²) in [6, 6.07) is 0. The average molecular weight is 174 g/mol. The zero-order valence-electron chi connectivity index (χ0n) is 8.04. The van der Waals surface area contributed by atoms with E-state index in [4.69, 9.17) is 10.5 Å². The fourth-order valence-corrected chi connectivity index (χ4v) is 0.919. The SMILES string of the molecule is CCOC(CCN)C(=O)N(C)C. The third-order valence-electron chi connectivity index (χ3n) is 1.51. The highest BCUT2D eigenvalue weighted by atomic mass is 16.5. The molecule has 72 valence electrons. The van der Waals surface area contributed by atoms with E-state index in [0.717, 1.165) is 0 Å². The summed E-state index contributed by atoms with van der Waals surface area (Å²) in [6.45, 7) is 2.89. The topological polar surface area (TPSA) is 55.6 Å². The fraction of sp³-hybridized carbons (Fsp3) is 0.875. The van der Waals surface area contributed by atoms with Crippen LogP contribution in [-0.4, -0.2) is 44.2 Å². The van der Waals surface area contributed by atoms with Gasteiger partial charge >= 0.3 is 0 Å². The lowest BCUT2D eigenvalue weighted by atomic mass is 10.2. The zero-order valence-corrected chi connectivity index (χ0v) is 8.04. The quantitative estimate of drug-likeness (QED) is 0.629. The number of amides is 1. The van der Waals surface area contributed by atoms with Crippen LogP contribution in [0.1, 0.15) is 13.3 Å². The van der Waals surface area contributed by atoms with Crippen LogP contribution < -0.4 is 5.73 Å². The highest BCUT2D eigenvalue weighted by Crippen LogP contribution is 2.00. The number of likely N-dealkylation sites (N-methyl/N-ethyl adjacent to an activating group) is 1. The second kappa shape index (κ2) is 5.97. The van der Waals surface area contributed by atoms with Crippen molar-refractivity contribution in [3.63, 3.8) is 0 Å². The first-order valence-corrected chi connectivity index (χ1v) is 4.16. The summed E-state index contributed by atoms with van der Waals surface area (Å²) in [5.41, 5.74) is 5.35. The molecule has 0 bridgehead atoms. The van der Waals surface area contributed by atoms with Crippen LogP contribution >= 0.6 is 0 Å². The van der Waals surface area contributed by atoms with Gasteiger partial charge in [-0.15, -0.1) is 0 Å². The second-order valence-electron chi connectivity index (χ2n) is 2.75. The number of hydrogen-bond donors (Lipinski definition) is 1. The van der Waals surface area contributed by atoms with E-state index in [0.29, 0.717) is 19.6 Å². The molecular formula is C8H18N2O2. The van der Waals surface area contributed by atoms with Crippen LogP contribution in [-0.2, 0) is 9.53 Å². The van der Waals surface area contributed by atoms with Gasteiger partial charge in [0.1, 0.15) is 6.10 Å². The summed E-state index contributed by atoms with van der Waals surface area (Å²) in [5, 5.41) is 0. The fourth-order valence-electron chi connectivity index (χ4n) is 0.919. The maximum absolute atomic E-state index is 11.4. The van der Waals surface area contributed by atoms with E-state index in [2.05, 4.69) is 0 Å². The number of rotatable bonds is 5. The molecule has 1 atom stereocenters. The Morgan fingerprint density at radius 1 is 1.58 bits per heavy atom. The average Bonchev–Trinajstić information content (AvgIpc) is 2.03. The first-order valence-electron chi connectivity index (χ1n) is 4.16. The van der Waals surface area contributed by atoms with Crippen molar-refractivity contribution in [1.82, 2.24) is 4.90 Å². The molecule has 0 aliphatic rings. The first-order chi connectivity index (χ1) is 5.63. The smallest absolute Gasteiger partial charge is 0.251 e. The van der Waals surface area contributed by atoms with Crippen molar-refractivity contribution in [1.29, 1.82) is 0 Å². The third kappa shape index (κ3) is 3.69. The van der Waals surface area contributed by atoms with E-state index >= 15 is 0 Å². The summed E-state index contributed by atoms with van der Waals surface area (Å²) < 4.78 is 5.23. The van der Waals surface area contributed by atoms with Crippen LogP contribution in [0.3, 0.4) is 0 Å². The van der Waals surface area contributed by atoms with Gasteiger partial charge in [0.25, 0.3) is 5.91 Å². The summed E-state index contributed by atoms with van der Waals surface area (Å²) >= 11 is 0. The molecule has 0 aliphatic heterocycles. The van der Waals surface area contributed by atoms with Crippen molar-refractivity contribution in [2.75, 3.05) is 27.2 Å². The molecular weight excluding hydrogens is 156 g/mol. The predicted octanol–water partition coefficient (Wildman–Crippen LogP) is -0.171. The minimum atomic E-state index is -0.366. The summed E-state index contributed by atoms with van der Waals surface area (Å²) in [4.78, 5) is 12.9. The van der Waals surface area contributed by atoms with E-state index in [1.807, 2.05) is 6.92 Å². The van der Waals surface area contributed by atoms with Gasteiger partial charge in [0.2, 0.25) is 0 Å².